The highest BCUT2D eigenvalue weighted by molar-refractivity contribution is 6.46. The average Bonchev–Trinajstić information content (AvgIpc) is 2.59. The zero-order valence-corrected chi connectivity index (χ0v) is 17.7. The molecule has 1 N–H and O–H groups in total. The summed E-state index contributed by atoms with van der Waals surface area (Å²) in [5, 5.41) is 8.16. The van der Waals surface area contributed by atoms with Crippen LogP contribution in [0.25, 0.3) is 0 Å². The Balaban J connectivity index is 3.21. The van der Waals surface area contributed by atoms with Crippen LogP contribution in [0.15, 0.2) is 6.07 Å². The Hall–Kier alpha value is -1.50. The van der Waals surface area contributed by atoms with E-state index in [-0.39, 0.29) is 33.0 Å². The van der Waals surface area contributed by atoms with E-state index < -0.39 is 29.2 Å². The Morgan fingerprint density at radius 3 is 2.22 bits per heavy atom. The largest absolute Gasteiger partial charge is 0.473 e. The van der Waals surface area contributed by atoms with E-state index in [9.17, 15) is 14.4 Å². The third-order valence-corrected chi connectivity index (χ3v) is 5.69. The fraction of sp³-hybridized carbons (Fsp3) is 0.500. The third-order valence-electron chi connectivity index (χ3n) is 4.62. The summed E-state index contributed by atoms with van der Waals surface area (Å²) in [5.41, 5.74) is -0.462. The van der Waals surface area contributed by atoms with Gasteiger partial charge in [-0.2, -0.15) is 0 Å². The Bertz CT molecular complexity index is 745. The Kier molecular flexibility index (Phi) is 8.39. The standard InChI is InChI=1S/C18H21Cl3O6/c1-5-9(18(3,4)6-2)8-26-16(24)12-13(21)10(19)7-11(20)14(12)27-17(25)15(22)23/h7,9H,5-6,8H2,1-4H3,(H,22,23). The van der Waals surface area contributed by atoms with Crippen LogP contribution in [-0.4, -0.2) is 29.6 Å². The van der Waals surface area contributed by atoms with Gasteiger partial charge in [-0.25, -0.2) is 14.4 Å². The maximum Gasteiger partial charge on any atom is 0.422 e. The first-order valence-electron chi connectivity index (χ1n) is 8.25. The molecule has 27 heavy (non-hydrogen) atoms. The molecule has 0 spiro atoms. The number of benzene rings is 1. The van der Waals surface area contributed by atoms with E-state index in [1.54, 1.807) is 0 Å². The smallest absolute Gasteiger partial charge is 0.422 e. The van der Waals surface area contributed by atoms with E-state index in [1.807, 2.05) is 13.8 Å². The van der Waals surface area contributed by atoms with E-state index in [2.05, 4.69) is 13.8 Å². The van der Waals surface area contributed by atoms with Gasteiger partial charge in [0, 0.05) is 0 Å². The van der Waals surface area contributed by atoms with Crippen LogP contribution in [0.5, 0.6) is 5.75 Å². The van der Waals surface area contributed by atoms with Crippen LogP contribution >= 0.6 is 34.8 Å². The molecule has 0 aromatic heterocycles. The molecular formula is C18H21Cl3O6. The molecule has 0 amide bonds. The summed E-state index contributed by atoms with van der Waals surface area (Å²) in [6, 6.07) is 1.14. The highest BCUT2D eigenvalue weighted by atomic mass is 35.5. The predicted octanol–water partition coefficient (Wildman–Crippen LogP) is 5.26. The van der Waals surface area contributed by atoms with E-state index in [0.29, 0.717) is 0 Å². The zero-order chi connectivity index (χ0) is 20.9. The number of carboxylic acids is 1. The van der Waals surface area contributed by atoms with E-state index in [0.717, 1.165) is 18.9 Å². The highest BCUT2D eigenvalue weighted by Gasteiger charge is 2.31. The number of hydrogen-bond acceptors (Lipinski definition) is 5. The maximum absolute atomic E-state index is 12.6. The van der Waals surface area contributed by atoms with Gasteiger partial charge in [-0.15, -0.1) is 0 Å². The topological polar surface area (TPSA) is 89.9 Å². The minimum atomic E-state index is -1.85. The number of ether oxygens (including phenoxy) is 2. The molecule has 0 fully saturated rings. The minimum absolute atomic E-state index is 0.0651. The molecule has 1 unspecified atom stereocenters. The lowest BCUT2D eigenvalue weighted by Gasteiger charge is -2.32. The molecule has 6 nitrogen and oxygen atoms in total. The van der Waals surface area contributed by atoms with Crippen LogP contribution in [0.3, 0.4) is 0 Å². The molecule has 150 valence electrons. The van der Waals surface area contributed by atoms with Gasteiger partial charge < -0.3 is 14.6 Å². The second-order valence-corrected chi connectivity index (χ2v) is 7.79. The number of esters is 2. The maximum atomic E-state index is 12.6. The van der Waals surface area contributed by atoms with Crippen molar-refractivity contribution < 1.29 is 29.0 Å². The molecule has 1 atom stereocenters. The molecule has 0 radical (unpaired) electrons. The molecule has 0 bridgehead atoms. The van der Waals surface area contributed by atoms with Crippen molar-refractivity contribution in [3.8, 4) is 5.75 Å². The number of rotatable bonds is 7. The lowest BCUT2D eigenvalue weighted by Crippen LogP contribution is -2.28. The first-order chi connectivity index (χ1) is 12.5. The second-order valence-electron chi connectivity index (χ2n) is 6.60. The second kappa shape index (κ2) is 9.62. The number of carboxylic acid groups (broad SMARTS) is 1. The molecule has 1 aromatic carbocycles. The van der Waals surface area contributed by atoms with Crippen LogP contribution in [0, 0.1) is 11.3 Å². The summed E-state index contributed by atoms with van der Waals surface area (Å²) in [7, 11) is 0. The molecule has 0 aliphatic heterocycles. The summed E-state index contributed by atoms with van der Waals surface area (Å²) < 4.78 is 10.1. The van der Waals surface area contributed by atoms with Crippen LogP contribution in [0.2, 0.25) is 15.1 Å². The van der Waals surface area contributed by atoms with Crippen LogP contribution in [-0.2, 0) is 14.3 Å². The quantitative estimate of drug-likeness (QED) is 0.270. The van der Waals surface area contributed by atoms with E-state index in [4.69, 9.17) is 49.4 Å². The van der Waals surface area contributed by atoms with Crippen molar-refractivity contribution >= 4 is 52.7 Å². The SMILES string of the molecule is CCC(COC(=O)c1c(Cl)c(Cl)cc(Cl)c1OC(=O)C(=O)O)C(C)(C)CC. The van der Waals surface area contributed by atoms with Crippen LogP contribution in [0.1, 0.15) is 50.9 Å². The summed E-state index contributed by atoms with van der Waals surface area (Å²) in [4.78, 5) is 34.8. The average molecular weight is 440 g/mol. The predicted molar refractivity (Wildman–Crippen MR) is 103 cm³/mol. The van der Waals surface area contributed by atoms with Crippen LogP contribution < -0.4 is 4.74 Å². The lowest BCUT2D eigenvalue weighted by atomic mass is 9.76. The molecule has 0 saturated heterocycles. The minimum Gasteiger partial charge on any atom is -0.473 e. The fourth-order valence-electron chi connectivity index (χ4n) is 2.43. The lowest BCUT2D eigenvalue weighted by molar-refractivity contribution is -0.158. The number of hydrogen-bond donors (Lipinski definition) is 1. The Labute approximate surface area is 172 Å². The van der Waals surface area contributed by atoms with Crippen LogP contribution in [0.4, 0.5) is 0 Å². The van der Waals surface area contributed by atoms with Gasteiger partial charge >= 0.3 is 17.9 Å². The molecular weight excluding hydrogens is 419 g/mol. The molecule has 1 rings (SSSR count). The van der Waals surface area contributed by atoms with E-state index in [1.165, 1.54) is 0 Å². The summed E-state index contributed by atoms with van der Waals surface area (Å²) in [5.74, 6) is -4.82. The Morgan fingerprint density at radius 2 is 1.74 bits per heavy atom. The van der Waals surface area contributed by atoms with Gasteiger partial charge in [0.25, 0.3) is 0 Å². The van der Waals surface area contributed by atoms with Gasteiger partial charge in [-0.1, -0.05) is 68.9 Å². The molecule has 0 heterocycles. The number of carbonyl (C=O) groups is 3. The molecule has 9 heteroatoms. The van der Waals surface area contributed by atoms with Crippen molar-refractivity contribution in [2.45, 2.75) is 40.5 Å². The van der Waals surface area contributed by atoms with Crippen molar-refractivity contribution in [2.24, 2.45) is 11.3 Å². The van der Waals surface area contributed by atoms with Gasteiger partial charge in [0.15, 0.2) is 5.75 Å². The summed E-state index contributed by atoms with van der Waals surface area (Å²) in [6.07, 6.45) is 1.66. The van der Waals surface area contributed by atoms with Gasteiger partial charge in [-0.05, 0) is 23.8 Å². The molecule has 0 aliphatic rings. The number of carbonyl (C=O) groups excluding carboxylic acids is 2. The van der Waals surface area contributed by atoms with Gasteiger partial charge in [0.2, 0.25) is 0 Å². The van der Waals surface area contributed by atoms with Crippen molar-refractivity contribution in [3.63, 3.8) is 0 Å². The first kappa shape index (κ1) is 23.5. The van der Waals surface area contributed by atoms with Gasteiger partial charge in [-0.3, -0.25) is 0 Å². The monoisotopic (exact) mass is 438 g/mol. The third kappa shape index (κ3) is 5.74. The number of aliphatic carboxylic acids is 1. The molecule has 1 aromatic rings. The van der Waals surface area contributed by atoms with Gasteiger partial charge in [0.05, 0.1) is 21.7 Å². The summed E-state index contributed by atoms with van der Waals surface area (Å²) in [6.45, 7) is 8.26. The molecule has 0 saturated carbocycles. The van der Waals surface area contributed by atoms with E-state index >= 15 is 0 Å². The summed E-state index contributed by atoms with van der Waals surface area (Å²) >= 11 is 18.0. The van der Waals surface area contributed by atoms with Crippen molar-refractivity contribution in [1.29, 1.82) is 0 Å². The molecule has 0 aliphatic carbocycles. The van der Waals surface area contributed by atoms with Crippen molar-refractivity contribution in [2.75, 3.05) is 6.61 Å². The van der Waals surface area contributed by atoms with Crippen molar-refractivity contribution in [3.05, 3.63) is 26.7 Å². The number of halogens is 3. The first-order valence-corrected chi connectivity index (χ1v) is 9.39. The fourth-order valence-corrected chi connectivity index (χ4v) is 3.15. The Morgan fingerprint density at radius 1 is 1.15 bits per heavy atom. The normalized spacial score (nSPS) is 12.4. The van der Waals surface area contributed by atoms with Crippen molar-refractivity contribution in [1.82, 2.24) is 0 Å². The highest BCUT2D eigenvalue weighted by Crippen LogP contribution is 2.40. The zero-order valence-electron chi connectivity index (χ0n) is 15.4. The van der Waals surface area contributed by atoms with Gasteiger partial charge in [0.1, 0.15) is 5.56 Å².